The largest absolute Gasteiger partial charge is 0.339 e. The third-order valence-corrected chi connectivity index (χ3v) is 0.630. The fourth-order valence-electron chi connectivity index (χ4n) is 0.271. The van der Waals surface area contributed by atoms with Crippen LogP contribution >= 0.6 is 0 Å². The number of nitrogens with one attached hydrogen (secondary N) is 2. The molecular weight excluding hydrogens is 120 g/mol. The Morgan fingerprint density at radius 1 is 1.44 bits per heavy atom. The Balaban J connectivity index is 3.20. The highest BCUT2D eigenvalue weighted by molar-refractivity contribution is 5.69. The van der Waals surface area contributed by atoms with Gasteiger partial charge in [0.1, 0.15) is 13.0 Å². The van der Waals surface area contributed by atoms with Gasteiger partial charge in [-0.05, 0) is 0 Å². The van der Waals surface area contributed by atoms with Gasteiger partial charge in [0.2, 0.25) is 0 Å². The molecule has 0 aliphatic carbocycles. The van der Waals surface area contributed by atoms with E-state index in [0.29, 0.717) is 6.67 Å². The zero-order chi connectivity index (χ0) is 7.28. The van der Waals surface area contributed by atoms with E-state index in [2.05, 4.69) is 10.3 Å². The lowest BCUT2D eigenvalue weighted by Gasteiger charge is -2.02. The SMILES string of the molecule is NC(N)=[NH+]CNC(N)N. The lowest BCUT2D eigenvalue weighted by molar-refractivity contribution is -0.466. The van der Waals surface area contributed by atoms with Crippen molar-refractivity contribution in [2.24, 2.45) is 22.9 Å². The van der Waals surface area contributed by atoms with Gasteiger partial charge in [-0.15, -0.1) is 0 Å². The summed E-state index contributed by atoms with van der Waals surface area (Å²) in [7, 11) is 0. The van der Waals surface area contributed by atoms with Crippen molar-refractivity contribution in [3.8, 4) is 0 Å². The molecule has 0 aliphatic heterocycles. The maximum absolute atomic E-state index is 5.11. The summed E-state index contributed by atoms with van der Waals surface area (Å²) >= 11 is 0. The normalized spacial score (nSPS) is 9.67. The van der Waals surface area contributed by atoms with E-state index < -0.39 is 6.29 Å². The van der Waals surface area contributed by atoms with E-state index in [1.165, 1.54) is 0 Å². The molecule has 0 unspecified atom stereocenters. The predicted octanol–water partition coefficient (Wildman–Crippen LogP) is -4.91. The second-order valence-electron chi connectivity index (χ2n) is 1.54. The van der Waals surface area contributed by atoms with E-state index in [1.807, 2.05) is 0 Å². The lowest BCUT2D eigenvalue weighted by atomic mass is 10.8. The molecule has 0 aromatic heterocycles. The smallest absolute Gasteiger partial charge is 0.304 e. The summed E-state index contributed by atoms with van der Waals surface area (Å²) in [6.45, 7) is 0.375. The maximum Gasteiger partial charge on any atom is 0.339 e. The Kier molecular flexibility index (Phi) is 3.69. The second kappa shape index (κ2) is 4.07. The summed E-state index contributed by atoms with van der Waals surface area (Å²) in [5, 5.41) is 2.64. The minimum absolute atomic E-state index is 0.142. The molecule has 0 atom stereocenters. The molecule has 0 aromatic rings. The molecule has 0 spiro atoms. The molecule has 0 radical (unpaired) electrons. The van der Waals surface area contributed by atoms with Crippen LogP contribution in [0.4, 0.5) is 0 Å². The van der Waals surface area contributed by atoms with Crippen molar-refractivity contribution in [2.75, 3.05) is 6.67 Å². The van der Waals surface area contributed by atoms with Gasteiger partial charge in [0.05, 0.1) is 0 Å². The van der Waals surface area contributed by atoms with Crippen LogP contribution in [0.2, 0.25) is 0 Å². The van der Waals surface area contributed by atoms with E-state index in [9.17, 15) is 0 Å². The molecule has 0 bridgehead atoms. The van der Waals surface area contributed by atoms with Gasteiger partial charge in [-0.3, -0.25) is 21.8 Å². The summed E-state index contributed by atoms with van der Waals surface area (Å²) in [6.07, 6.45) is -0.545. The molecule has 0 aliphatic rings. The van der Waals surface area contributed by atoms with E-state index in [1.54, 1.807) is 0 Å². The maximum atomic E-state index is 5.11. The van der Waals surface area contributed by atoms with Gasteiger partial charge in [-0.2, -0.15) is 0 Å². The second-order valence-corrected chi connectivity index (χ2v) is 1.54. The Morgan fingerprint density at radius 2 is 2.00 bits per heavy atom. The number of rotatable bonds is 3. The van der Waals surface area contributed by atoms with Crippen LogP contribution < -0.4 is 33.2 Å². The minimum Gasteiger partial charge on any atom is -0.304 e. The molecule has 10 N–H and O–H groups in total. The molecule has 0 saturated heterocycles. The van der Waals surface area contributed by atoms with Crippen molar-refractivity contribution >= 4 is 5.96 Å². The molecule has 0 amide bonds. The first-order valence-corrected chi connectivity index (χ1v) is 2.49. The van der Waals surface area contributed by atoms with Crippen molar-refractivity contribution in [3.05, 3.63) is 0 Å². The summed E-state index contributed by atoms with van der Waals surface area (Å²) in [5.74, 6) is 0.142. The molecular formula is C3H13N6+. The Morgan fingerprint density at radius 3 is 2.33 bits per heavy atom. The van der Waals surface area contributed by atoms with E-state index in [0.717, 1.165) is 0 Å². The van der Waals surface area contributed by atoms with Gasteiger partial charge in [0, 0.05) is 0 Å². The molecule has 6 heteroatoms. The van der Waals surface area contributed by atoms with Crippen LogP contribution in [0, 0.1) is 0 Å². The summed E-state index contributed by atoms with van der Waals surface area (Å²) in [4.78, 5) is 2.58. The van der Waals surface area contributed by atoms with Gasteiger partial charge >= 0.3 is 5.96 Å². The van der Waals surface area contributed by atoms with Crippen molar-refractivity contribution in [1.29, 1.82) is 0 Å². The average molecular weight is 133 g/mol. The quantitative estimate of drug-likeness (QED) is 0.130. The van der Waals surface area contributed by atoms with Crippen LogP contribution in [0.5, 0.6) is 0 Å². The first kappa shape index (κ1) is 8.15. The van der Waals surface area contributed by atoms with Crippen LogP contribution in [0.25, 0.3) is 0 Å². The van der Waals surface area contributed by atoms with E-state index in [-0.39, 0.29) is 5.96 Å². The van der Waals surface area contributed by atoms with Crippen LogP contribution in [0.3, 0.4) is 0 Å². The molecule has 0 saturated carbocycles. The first-order valence-electron chi connectivity index (χ1n) is 2.49. The van der Waals surface area contributed by atoms with Gasteiger partial charge in [-0.1, -0.05) is 0 Å². The van der Waals surface area contributed by atoms with Crippen molar-refractivity contribution < 1.29 is 4.99 Å². The predicted molar refractivity (Wildman–Crippen MR) is 34.5 cm³/mol. The van der Waals surface area contributed by atoms with Crippen LogP contribution in [0.1, 0.15) is 0 Å². The standard InChI is InChI=1S/C3H12N6/c4-2(5)8-1-9-3(6)7/h2,8H,1,4-5H2,(H4,6,7,9)/p+1. The van der Waals surface area contributed by atoms with E-state index >= 15 is 0 Å². The summed E-state index contributed by atoms with van der Waals surface area (Å²) in [6, 6.07) is 0. The molecule has 6 nitrogen and oxygen atoms in total. The number of nitrogens with two attached hydrogens (primary N) is 4. The molecule has 0 rings (SSSR count). The van der Waals surface area contributed by atoms with Crippen molar-refractivity contribution in [3.63, 3.8) is 0 Å². The first-order chi connectivity index (χ1) is 4.13. The molecule has 9 heavy (non-hydrogen) atoms. The molecule has 0 aromatic carbocycles. The zero-order valence-electron chi connectivity index (χ0n) is 5.09. The third kappa shape index (κ3) is 7.15. The number of hydrogen-bond donors (Lipinski definition) is 6. The van der Waals surface area contributed by atoms with Gasteiger partial charge < -0.3 is 11.5 Å². The van der Waals surface area contributed by atoms with Crippen LogP contribution in [-0.2, 0) is 0 Å². The molecule has 0 heterocycles. The summed E-state index contributed by atoms with van der Waals surface area (Å²) < 4.78 is 0. The third-order valence-electron chi connectivity index (χ3n) is 0.630. The number of hydrogen-bond acceptors (Lipinski definition) is 3. The van der Waals surface area contributed by atoms with Gasteiger partial charge in [0.25, 0.3) is 0 Å². The highest BCUT2D eigenvalue weighted by Gasteiger charge is 1.89. The average Bonchev–Trinajstić information content (AvgIpc) is 1.63. The fraction of sp³-hybridized carbons (Fsp3) is 0.667. The Labute approximate surface area is 53.3 Å². The summed E-state index contributed by atoms with van der Waals surface area (Å²) in [5.41, 5.74) is 20.3. The molecule has 54 valence electrons. The highest BCUT2D eigenvalue weighted by atomic mass is 15.2. The van der Waals surface area contributed by atoms with Gasteiger partial charge in [-0.25, -0.2) is 0 Å². The van der Waals surface area contributed by atoms with Crippen LogP contribution in [0.15, 0.2) is 0 Å². The Bertz CT molecular complexity index is 92.5. The van der Waals surface area contributed by atoms with Gasteiger partial charge in [0.15, 0.2) is 0 Å². The lowest BCUT2D eigenvalue weighted by Crippen LogP contribution is -2.82. The molecule has 0 fully saturated rings. The zero-order valence-corrected chi connectivity index (χ0v) is 5.09. The van der Waals surface area contributed by atoms with Crippen molar-refractivity contribution in [1.82, 2.24) is 5.32 Å². The fourth-order valence-corrected chi connectivity index (χ4v) is 0.271. The monoisotopic (exact) mass is 133 g/mol. The highest BCUT2D eigenvalue weighted by Crippen LogP contribution is 1.40. The minimum atomic E-state index is -0.545. The van der Waals surface area contributed by atoms with E-state index in [4.69, 9.17) is 22.9 Å². The topological polar surface area (TPSA) is 130 Å². The Hall–Kier alpha value is -0.850. The number of guanidine groups is 1. The van der Waals surface area contributed by atoms with Crippen molar-refractivity contribution in [2.45, 2.75) is 6.29 Å². The van der Waals surface area contributed by atoms with Crippen LogP contribution in [-0.4, -0.2) is 18.9 Å².